The van der Waals surface area contributed by atoms with Crippen molar-refractivity contribution in [3.63, 3.8) is 0 Å². The Balaban J connectivity index is 0.00000300. The van der Waals surface area contributed by atoms with E-state index in [1.807, 2.05) is 0 Å². The zero-order valence-corrected chi connectivity index (χ0v) is 21.5. The van der Waals surface area contributed by atoms with Gasteiger partial charge in [0, 0.05) is 63.9 Å². The summed E-state index contributed by atoms with van der Waals surface area (Å²) in [4.78, 5) is 12.8. The fraction of sp³-hybridized carbons (Fsp3) is 0.955. The van der Waals surface area contributed by atoms with Gasteiger partial charge in [-0.2, -0.15) is 0 Å². The highest BCUT2D eigenvalue weighted by Crippen LogP contribution is 2.26. The Kier molecular flexibility index (Phi) is 11.0. The van der Waals surface area contributed by atoms with Crippen molar-refractivity contribution < 1.29 is 0 Å². The van der Waals surface area contributed by atoms with Gasteiger partial charge in [0.15, 0.2) is 5.96 Å². The van der Waals surface area contributed by atoms with Gasteiger partial charge in [-0.3, -0.25) is 14.8 Å². The number of hydrogen-bond donors (Lipinski definition) is 2. The van der Waals surface area contributed by atoms with Gasteiger partial charge < -0.3 is 15.5 Å². The third-order valence-electron chi connectivity index (χ3n) is 6.96. The summed E-state index contributed by atoms with van der Waals surface area (Å²) in [5.41, 5.74) is 0. The maximum absolute atomic E-state index is 5.04. The fourth-order valence-corrected chi connectivity index (χ4v) is 5.11. The third kappa shape index (κ3) is 7.51. The summed E-state index contributed by atoms with van der Waals surface area (Å²) in [5.74, 6) is 1.64. The Morgan fingerprint density at radius 3 is 2.34 bits per heavy atom. The highest BCUT2D eigenvalue weighted by Gasteiger charge is 2.30. The van der Waals surface area contributed by atoms with E-state index in [0.29, 0.717) is 18.0 Å². The molecule has 1 saturated carbocycles. The van der Waals surface area contributed by atoms with Gasteiger partial charge in [-0.25, -0.2) is 0 Å². The van der Waals surface area contributed by atoms with Crippen LogP contribution in [0.4, 0.5) is 0 Å². The van der Waals surface area contributed by atoms with Gasteiger partial charge in [-0.15, -0.1) is 24.0 Å². The molecule has 0 amide bonds. The number of nitrogens with one attached hydrogen (secondary N) is 2. The van der Waals surface area contributed by atoms with Crippen LogP contribution in [0.15, 0.2) is 4.99 Å². The first-order valence-corrected chi connectivity index (χ1v) is 11.8. The normalized spacial score (nSPS) is 26.7. The van der Waals surface area contributed by atoms with Crippen molar-refractivity contribution in [3.05, 3.63) is 0 Å². The quantitative estimate of drug-likeness (QED) is 0.307. The summed E-state index contributed by atoms with van der Waals surface area (Å²) in [7, 11) is 2.23. The molecule has 0 radical (unpaired) electrons. The highest BCUT2D eigenvalue weighted by atomic mass is 127. The van der Waals surface area contributed by atoms with Crippen LogP contribution in [0.5, 0.6) is 0 Å². The monoisotopic (exact) mass is 520 g/mol. The van der Waals surface area contributed by atoms with Crippen molar-refractivity contribution in [3.8, 4) is 0 Å². The minimum absolute atomic E-state index is 0. The molecule has 3 fully saturated rings. The van der Waals surface area contributed by atoms with Crippen LogP contribution in [0, 0.1) is 5.92 Å². The summed E-state index contributed by atoms with van der Waals surface area (Å²) in [6.07, 6.45) is 6.90. The van der Waals surface area contributed by atoms with E-state index in [2.05, 4.69) is 53.2 Å². The Morgan fingerprint density at radius 1 is 1.03 bits per heavy atom. The molecule has 0 aromatic rings. The molecule has 2 N–H and O–H groups in total. The molecule has 1 aliphatic carbocycles. The first kappa shape index (κ1) is 25.1. The van der Waals surface area contributed by atoms with Gasteiger partial charge in [0.25, 0.3) is 0 Å². The topological polar surface area (TPSA) is 46.1 Å². The minimum Gasteiger partial charge on any atom is -0.357 e. The first-order valence-electron chi connectivity index (χ1n) is 11.8. The molecule has 3 rings (SSSR count). The smallest absolute Gasteiger partial charge is 0.191 e. The molecule has 2 heterocycles. The summed E-state index contributed by atoms with van der Waals surface area (Å²) in [5, 5.41) is 7.24. The van der Waals surface area contributed by atoms with E-state index in [0.717, 1.165) is 38.2 Å². The van der Waals surface area contributed by atoms with E-state index in [9.17, 15) is 0 Å². The Hall–Kier alpha value is -0.120. The molecular weight excluding hydrogens is 475 g/mol. The van der Waals surface area contributed by atoms with Gasteiger partial charge in [-0.05, 0) is 39.2 Å². The molecule has 2 saturated heterocycles. The lowest BCUT2D eigenvalue weighted by molar-refractivity contribution is 0.0925. The molecule has 3 aliphatic rings. The summed E-state index contributed by atoms with van der Waals surface area (Å²) in [6, 6.07) is 1.91. The largest absolute Gasteiger partial charge is 0.357 e. The maximum Gasteiger partial charge on any atom is 0.191 e. The lowest BCUT2D eigenvalue weighted by Crippen LogP contribution is -2.52. The molecule has 29 heavy (non-hydrogen) atoms. The number of halogens is 1. The van der Waals surface area contributed by atoms with Crippen LogP contribution >= 0.6 is 24.0 Å². The number of hydrogen-bond acceptors (Lipinski definition) is 4. The van der Waals surface area contributed by atoms with Crippen LogP contribution in [-0.2, 0) is 0 Å². The van der Waals surface area contributed by atoms with E-state index < -0.39 is 0 Å². The van der Waals surface area contributed by atoms with Crippen molar-refractivity contribution in [2.45, 2.75) is 71.0 Å². The Labute approximate surface area is 196 Å². The second-order valence-electron chi connectivity index (χ2n) is 9.43. The number of nitrogens with zero attached hydrogens (tertiary/aromatic N) is 4. The second kappa shape index (κ2) is 12.7. The molecular formula is C22H45IN6. The molecule has 2 aliphatic heterocycles. The van der Waals surface area contributed by atoms with Crippen LogP contribution in [-0.4, -0.2) is 98.2 Å². The molecule has 0 aromatic heterocycles. The van der Waals surface area contributed by atoms with Gasteiger partial charge >= 0.3 is 0 Å². The van der Waals surface area contributed by atoms with Gasteiger partial charge in [-0.1, -0.05) is 26.7 Å². The van der Waals surface area contributed by atoms with Crippen molar-refractivity contribution in [1.82, 2.24) is 25.3 Å². The summed E-state index contributed by atoms with van der Waals surface area (Å²) >= 11 is 0. The number of guanidine groups is 1. The standard InChI is InChI=1S/C22H44N6.HI/c1-5-23-22(25-19-10-11-28(17-19)20-8-6-7-9-20)24-16-21(18(2)3)27-14-12-26(4)13-15-27;/h18-21H,5-17H2,1-4H3,(H2,23,24,25);1H. The maximum atomic E-state index is 5.04. The average Bonchev–Trinajstić information content (AvgIpc) is 3.34. The molecule has 0 aromatic carbocycles. The van der Waals surface area contributed by atoms with Gasteiger partial charge in [0.05, 0.1) is 6.54 Å². The first-order chi connectivity index (χ1) is 13.6. The van der Waals surface area contributed by atoms with Crippen molar-refractivity contribution >= 4 is 29.9 Å². The molecule has 0 spiro atoms. The second-order valence-corrected chi connectivity index (χ2v) is 9.43. The molecule has 0 bridgehead atoms. The van der Waals surface area contributed by atoms with Crippen LogP contribution < -0.4 is 10.6 Å². The fourth-order valence-electron chi connectivity index (χ4n) is 5.11. The van der Waals surface area contributed by atoms with E-state index in [1.54, 1.807) is 0 Å². The van der Waals surface area contributed by atoms with E-state index in [1.165, 1.54) is 58.3 Å². The van der Waals surface area contributed by atoms with Crippen LogP contribution in [0.2, 0.25) is 0 Å². The molecule has 7 heteroatoms. The van der Waals surface area contributed by atoms with Crippen molar-refractivity contribution in [2.24, 2.45) is 10.9 Å². The van der Waals surface area contributed by atoms with E-state index in [-0.39, 0.29) is 24.0 Å². The number of likely N-dealkylation sites (N-methyl/N-ethyl adjacent to an activating group) is 1. The predicted molar refractivity (Wildman–Crippen MR) is 134 cm³/mol. The average molecular weight is 521 g/mol. The zero-order chi connectivity index (χ0) is 19.9. The molecule has 2 unspecified atom stereocenters. The SMILES string of the molecule is CCNC(=NCC(C(C)C)N1CCN(C)CC1)NC1CCN(C2CCCC2)C1.I. The lowest BCUT2D eigenvalue weighted by Gasteiger charge is -2.39. The number of likely N-dealkylation sites (tertiary alicyclic amines) is 1. The highest BCUT2D eigenvalue weighted by molar-refractivity contribution is 14.0. The number of aliphatic imine (C=N–C) groups is 1. The predicted octanol–water partition coefficient (Wildman–Crippen LogP) is 2.45. The third-order valence-corrected chi connectivity index (χ3v) is 6.96. The van der Waals surface area contributed by atoms with Crippen LogP contribution in [0.25, 0.3) is 0 Å². The van der Waals surface area contributed by atoms with Gasteiger partial charge in [0.2, 0.25) is 0 Å². The Morgan fingerprint density at radius 2 is 1.72 bits per heavy atom. The van der Waals surface area contributed by atoms with Crippen LogP contribution in [0.3, 0.4) is 0 Å². The molecule has 170 valence electrons. The summed E-state index contributed by atoms with van der Waals surface area (Å²) < 4.78 is 0. The van der Waals surface area contributed by atoms with Crippen molar-refractivity contribution in [2.75, 3.05) is 59.4 Å². The molecule has 6 nitrogen and oxygen atoms in total. The lowest BCUT2D eigenvalue weighted by atomic mass is 10.0. The summed E-state index contributed by atoms with van der Waals surface area (Å²) in [6.45, 7) is 15.8. The minimum atomic E-state index is 0. The molecule has 2 atom stereocenters. The van der Waals surface area contributed by atoms with E-state index >= 15 is 0 Å². The Bertz CT molecular complexity index is 486. The number of piperazine rings is 1. The zero-order valence-electron chi connectivity index (χ0n) is 19.2. The van der Waals surface area contributed by atoms with Crippen LogP contribution in [0.1, 0.15) is 52.9 Å². The number of rotatable bonds is 7. The van der Waals surface area contributed by atoms with Crippen molar-refractivity contribution in [1.29, 1.82) is 0 Å². The van der Waals surface area contributed by atoms with Gasteiger partial charge in [0.1, 0.15) is 0 Å². The van der Waals surface area contributed by atoms with E-state index in [4.69, 9.17) is 4.99 Å².